The summed E-state index contributed by atoms with van der Waals surface area (Å²) in [5.74, 6) is 0.532. The normalized spacial score (nSPS) is 20.1. The molecule has 0 spiro atoms. The van der Waals surface area contributed by atoms with E-state index in [4.69, 9.17) is 0 Å². The average Bonchev–Trinajstić information content (AvgIpc) is 2.31. The number of nitrogens with one attached hydrogen (secondary N) is 1. The summed E-state index contributed by atoms with van der Waals surface area (Å²) in [7, 11) is 0. The van der Waals surface area contributed by atoms with Crippen LogP contribution < -0.4 is 5.32 Å². The molecule has 0 bridgehead atoms. The Kier molecular flexibility index (Phi) is 3.69. The molecule has 3 nitrogen and oxygen atoms in total. The molecule has 1 aromatic rings. The molecular formula is C12H19N3. The summed E-state index contributed by atoms with van der Waals surface area (Å²) >= 11 is 0. The Bertz CT molecular complexity index is 280. The molecule has 3 heteroatoms. The lowest BCUT2D eigenvalue weighted by Gasteiger charge is -2.29. The largest absolute Gasteiger partial charge is 0.314 e. The van der Waals surface area contributed by atoms with Crippen LogP contribution in [0.2, 0.25) is 0 Å². The Hall–Kier alpha value is -0.930. The van der Waals surface area contributed by atoms with Gasteiger partial charge in [0.15, 0.2) is 0 Å². The summed E-state index contributed by atoms with van der Waals surface area (Å²) in [6.07, 6.45) is 1.88. The molecule has 1 atom stereocenters. The molecule has 0 radical (unpaired) electrons. The van der Waals surface area contributed by atoms with Crippen molar-refractivity contribution < 1.29 is 0 Å². The molecule has 1 N–H and O–H groups in total. The zero-order valence-corrected chi connectivity index (χ0v) is 9.32. The number of rotatable bonds is 3. The zero-order chi connectivity index (χ0) is 10.5. The maximum Gasteiger partial charge on any atom is 0.0444 e. The molecule has 0 aromatic carbocycles. The van der Waals surface area contributed by atoms with Crippen molar-refractivity contribution >= 4 is 0 Å². The topological polar surface area (TPSA) is 28.2 Å². The maximum absolute atomic E-state index is 4.40. The molecule has 1 saturated heterocycles. The van der Waals surface area contributed by atoms with E-state index in [0.717, 1.165) is 32.7 Å². The van der Waals surface area contributed by atoms with Gasteiger partial charge in [0.05, 0.1) is 0 Å². The standard InChI is InChI=1S/C12H19N3/c1-11(12-4-2-3-5-14-12)10-15-8-6-13-7-9-15/h2-5,11,13H,6-10H2,1H3. The molecular weight excluding hydrogens is 186 g/mol. The molecule has 2 rings (SSSR count). The lowest BCUT2D eigenvalue weighted by Crippen LogP contribution is -2.44. The highest BCUT2D eigenvalue weighted by Crippen LogP contribution is 2.13. The van der Waals surface area contributed by atoms with E-state index in [1.54, 1.807) is 0 Å². The monoisotopic (exact) mass is 205 g/mol. The molecule has 2 heterocycles. The fraction of sp³-hybridized carbons (Fsp3) is 0.583. The summed E-state index contributed by atoms with van der Waals surface area (Å²) in [6, 6.07) is 6.16. The van der Waals surface area contributed by atoms with Gasteiger partial charge >= 0.3 is 0 Å². The van der Waals surface area contributed by atoms with Crippen molar-refractivity contribution in [2.45, 2.75) is 12.8 Å². The highest BCUT2D eigenvalue weighted by Gasteiger charge is 2.14. The maximum atomic E-state index is 4.40. The smallest absolute Gasteiger partial charge is 0.0444 e. The zero-order valence-electron chi connectivity index (χ0n) is 9.32. The molecule has 0 saturated carbocycles. The second-order valence-electron chi connectivity index (χ2n) is 4.21. The molecule has 1 aromatic heterocycles. The van der Waals surface area contributed by atoms with Crippen molar-refractivity contribution in [2.24, 2.45) is 0 Å². The Labute approximate surface area is 91.5 Å². The van der Waals surface area contributed by atoms with Crippen molar-refractivity contribution in [3.63, 3.8) is 0 Å². The van der Waals surface area contributed by atoms with Gasteiger partial charge in [0.25, 0.3) is 0 Å². The summed E-state index contributed by atoms with van der Waals surface area (Å²) in [4.78, 5) is 6.91. The van der Waals surface area contributed by atoms with E-state index in [1.165, 1.54) is 5.69 Å². The van der Waals surface area contributed by atoms with Gasteiger partial charge in [0, 0.05) is 50.5 Å². The van der Waals surface area contributed by atoms with Crippen LogP contribution in [0.15, 0.2) is 24.4 Å². The van der Waals surface area contributed by atoms with Gasteiger partial charge in [0.2, 0.25) is 0 Å². The number of aromatic nitrogens is 1. The van der Waals surface area contributed by atoms with Crippen LogP contribution in [0.4, 0.5) is 0 Å². The minimum atomic E-state index is 0.532. The van der Waals surface area contributed by atoms with Gasteiger partial charge in [-0.1, -0.05) is 13.0 Å². The summed E-state index contributed by atoms with van der Waals surface area (Å²) in [5, 5.41) is 3.37. The number of pyridine rings is 1. The van der Waals surface area contributed by atoms with Gasteiger partial charge in [-0.25, -0.2) is 0 Å². The molecule has 1 aliphatic heterocycles. The second kappa shape index (κ2) is 5.24. The van der Waals surface area contributed by atoms with Crippen LogP contribution in [0.5, 0.6) is 0 Å². The van der Waals surface area contributed by atoms with Gasteiger partial charge in [-0.3, -0.25) is 4.98 Å². The van der Waals surface area contributed by atoms with Gasteiger partial charge in [-0.15, -0.1) is 0 Å². The van der Waals surface area contributed by atoms with E-state index in [0.29, 0.717) is 5.92 Å². The second-order valence-corrected chi connectivity index (χ2v) is 4.21. The molecule has 15 heavy (non-hydrogen) atoms. The fourth-order valence-electron chi connectivity index (χ4n) is 2.04. The third kappa shape index (κ3) is 3.01. The Morgan fingerprint density at radius 3 is 2.87 bits per heavy atom. The average molecular weight is 205 g/mol. The first-order chi connectivity index (χ1) is 7.36. The predicted octanol–water partition coefficient (Wildman–Crippen LogP) is 1.09. The van der Waals surface area contributed by atoms with Crippen molar-refractivity contribution in [2.75, 3.05) is 32.7 Å². The van der Waals surface area contributed by atoms with E-state index < -0.39 is 0 Å². The summed E-state index contributed by atoms with van der Waals surface area (Å²) in [5.41, 5.74) is 1.20. The van der Waals surface area contributed by atoms with Crippen LogP contribution in [-0.4, -0.2) is 42.6 Å². The minimum absolute atomic E-state index is 0.532. The van der Waals surface area contributed by atoms with Crippen molar-refractivity contribution in [1.82, 2.24) is 15.2 Å². The molecule has 1 unspecified atom stereocenters. The first-order valence-corrected chi connectivity index (χ1v) is 5.70. The van der Waals surface area contributed by atoms with Crippen LogP contribution in [-0.2, 0) is 0 Å². The first-order valence-electron chi connectivity index (χ1n) is 5.70. The lowest BCUT2D eigenvalue weighted by molar-refractivity contribution is 0.229. The van der Waals surface area contributed by atoms with Gasteiger partial charge in [-0.2, -0.15) is 0 Å². The van der Waals surface area contributed by atoms with Crippen LogP contribution in [0, 0.1) is 0 Å². The highest BCUT2D eigenvalue weighted by molar-refractivity contribution is 5.08. The molecule has 1 aliphatic rings. The third-order valence-corrected chi connectivity index (χ3v) is 2.93. The summed E-state index contributed by atoms with van der Waals surface area (Å²) in [6.45, 7) is 7.95. The number of piperazine rings is 1. The molecule has 0 aliphatic carbocycles. The number of hydrogen-bond acceptors (Lipinski definition) is 3. The van der Waals surface area contributed by atoms with E-state index in [2.05, 4.69) is 34.3 Å². The lowest BCUT2D eigenvalue weighted by atomic mass is 10.1. The number of hydrogen-bond donors (Lipinski definition) is 1. The van der Waals surface area contributed by atoms with Crippen LogP contribution in [0.1, 0.15) is 18.5 Å². The Balaban J connectivity index is 1.88. The van der Waals surface area contributed by atoms with Gasteiger partial charge in [-0.05, 0) is 12.1 Å². The van der Waals surface area contributed by atoms with Crippen molar-refractivity contribution in [3.8, 4) is 0 Å². The first kappa shape index (κ1) is 10.6. The highest BCUT2D eigenvalue weighted by atomic mass is 15.2. The van der Waals surface area contributed by atoms with E-state index in [9.17, 15) is 0 Å². The van der Waals surface area contributed by atoms with Crippen molar-refractivity contribution in [3.05, 3.63) is 30.1 Å². The third-order valence-electron chi connectivity index (χ3n) is 2.93. The van der Waals surface area contributed by atoms with E-state index in [-0.39, 0.29) is 0 Å². The minimum Gasteiger partial charge on any atom is -0.314 e. The summed E-state index contributed by atoms with van der Waals surface area (Å²) < 4.78 is 0. The van der Waals surface area contributed by atoms with Gasteiger partial charge < -0.3 is 10.2 Å². The van der Waals surface area contributed by atoms with Crippen molar-refractivity contribution in [1.29, 1.82) is 0 Å². The van der Waals surface area contributed by atoms with Crippen LogP contribution in [0.3, 0.4) is 0 Å². The van der Waals surface area contributed by atoms with Gasteiger partial charge in [0.1, 0.15) is 0 Å². The molecule has 0 amide bonds. The predicted molar refractivity (Wildman–Crippen MR) is 62.0 cm³/mol. The quantitative estimate of drug-likeness (QED) is 0.800. The molecule has 1 fully saturated rings. The van der Waals surface area contributed by atoms with E-state index >= 15 is 0 Å². The Morgan fingerprint density at radius 2 is 2.20 bits per heavy atom. The SMILES string of the molecule is CC(CN1CCNCC1)c1ccccn1. The number of nitrogens with zero attached hydrogens (tertiary/aromatic N) is 2. The molecule has 82 valence electrons. The van der Waals surface area contributed by atoms with E-state index in [1.807, 2.05) is 12.3 Å². The van der Waals surface area contributed by atoms with Crippen LogP contribution in [0.25, 0.3) is 0 Å². The Morgan fingerprint density at radius 1 is 1.40 bits per heavy atom. The fourth-order valence-corrected chi connectivity index (χ4v) is 2.04. The van der Waals surface area contributed by atoms with Crippen LogP contribution >= 0.6 is 0 Å².